The fourth-order valence-electron chi connectivity index (χ4n) is 2.35. The standard InChI is InChI=1S/C16H36NO3.ClH/c1-3-4-5-6-7-8-9-10-15-20-16-17(2,11-13-18)12-14-19;/h18-19H,3-16H2,1-2H3;1H/q+1;/p-1. The van der Waals surface area contributed by atoms with Gasteiger partial charge in [0, 0.05) is 0 Å². The average Bonchev–Trinajstić information content (AvgIpc) is 2.41. The zero-order valence-electron chi connectivity index (χ0n) is 14.0. The molecule has 130 valence electrons. The molecule has 0 heterocycles. The van der Waals surface area contributed by atoms with Crippen LogP contribution in [0, 0.1) is 0 Å². The van der Waals surface area contributed by atoms with Crippen molar-refractivity contribution in [1.82, 2.24) is 0 Å². The number of hydrogen-bond donors (Lipinski definition) is 2. The Kier molecular flexibility index (Phi) is 18.4. The minimum atomic E-state index is 0. The normalized spacial score (nSPS) is 11.4. The van der Waals surface area contributed by atoms with Gasteiger partial charge in [0.1, 0.15) is 13.1 Å². The van der Waals surface area contributed by atoms with Crippen molar-refractivity contribution in [3.8, 4) is 0 Å². The molecule has 0 aromatic rings. The molecule has 0 aromatic carbocycles. The van der Waals surface area contributed by atoms with E-state index in [4.69, 9.17) is 14.9 Å². The minimum Gasteiger partial charge on any atom is -1.00 e. The van der Waals surface area contributed by atoms with E-state index >= 15 is 0 Å². The molecule has 0 bridgehead atoms. The minimum absolute atomic E-state index is 0. The Balaban J connectivity index is 0. The second-order valence-corrected chi connectivity index (χ2v) is 6.03. The summed E-state index contributed by atoms with van der Waals surface area (Å²) in [6, 6.07) is 0. The number of rotatable bonds is 15. The lowest BCUT2D eigenvalue weighted by Crippen LogP contribution is -3.00. The van der Waals surface area contributed by atoms with Gasteiger partial charge in [-0.2, -0.15) is 0 Å². The second-order valence-electron chi connectivity index (χ2n) is 6.03. The van der Waals surface area contributed by atoms with Gasteiger partial charge in [-0.05, 0) is 6.42 Å². The van der Waals surface area contributed by atoms with Crippen LogP contribution < -0.4 is 12.4 Å². The lowest BCUT2D eigenvalue weighted by molar-refractivity contribution is -0.928. The molecule has 0 aromatic heterocycles. The van der Waals surface area contributed by atoms with E-state index in [1.165, 1.54) is 44.9 Å². The molecular formula is C16H36ClNO3. The van der Waals surface area contributed by atoms with Gasteiger partial charge < -0.3 is 27.4 Å². The van der Waals surface area contributed by atoms with Gasteiger partial charge in [-0.3, -0.25) is 4.48 Å². The molecule has 0 fully saturated rings. The lowest BCUT2D eigenvalue weighted by Gasteiger charge is -2.32. The van der Waals surface area contributed by atoms with Crippen LogP contribution >= 0.6 is 0 Å². The quantitative estimate of drug-likeness (QED) is 0.243. The Bertz CT molecular complexity index is 200. The molecule has 0 aliphatic carbocycles. The zero-order valence-corrected chi connectivity index (χ0v) is 14.8. The summed E-state index contributed by atoms with van der Waals surface area (Å²) in [5.74, 6) is 0. The molecule has 0 aliphatic rings. The highest BCUT2D eigenvalue weighted by Gasteiger charge is 2.20. The number of aliphatic hydroxyl groups excluding tert-OH is 2. The fraction of sp³-hybridized carbons (Fsp3) is 1.00. The summed E-state index contributed by atoms with van der Waals surface area (Å²) >= 11 is 0. The molecule has 0 spiro atoms. The van der Waals surface area contributed by atoms with Crippen LogP contribution in [0.5, 0.6) is 0 Å². The molecule has 4 nitrogen and oxygen atoms in total. The highest BCUT2D eigenvalue weighted by molar-refractivity contribution is 4.45. The van der Waals surface area contributed by atoms with Crippen molar-refractivity contribution in [3.63, 3.8) is 0 Å². The first kappa shape index (κ1) is 23.4. The monoisotopic (exact) mass is 325 g/mol. The van der Waals surface area contributed by atoms with E-state index in [1.807, 2.05) is 7.05 Å². The number of quaternary nitrogens is 1. The molecule has 5 heteroatoms. The Morgan fingerprint density at radius 2 is 1.29 bits per heavy atom. The van der Waals surface area contributed by atoms with Crippen LogP contribution in [0.2, 0.25) is 0 Å². The largest absolute Gasteiger partial charge is 1.00 e. The summed E-state index contributed by atoms with van der Waals surface area (Å²) in [6.45, 7) is 5.17. The number of ether oxygens (including phenoxy) is 1. The fourth-order valence-corrected chi connectivity index (χ4v) is 2.35. The predicted molar refractivity (Wildman–Crippen MR) is 83.5 cm³/mol. The average molecular weight is 326 g/mol. The summed E-state index contributed by atoms with van der Waals surface area (Å²) in [7, 11) is 2.01. The maximum absolute atomic E-state index is 9.04. The second kappa shape index (κ2) is 16.5. The molecule has 0 unspecified atom stereocenters. The number of unbranched alkanes of at least 4 members (excludes halogenated alkanes) is 7. The molecule has 0 atom stereocenters. The number of nitrogens with zero attached hydrogens (tertiary/aromatic N) is 1. The van der Waals surface area contributed by atoms with Gasteiger partial charge in [0.05, 0.1) is 26.9 Å². The molecule has 0 rings (SSSR count). The summed E-state index contributed by atoms with van der Waals surface area (Å²) in [6.07, 6.45) is 10.5. The maximum atomic E-state index is 9.04. The Hall–Kier alpha value is 0.130. The van der Waals surface area contributed by atoms with Crippen molar-refractivity contribution in [2.75, 3.05) is 46.7 Å². The van der Waals surface area contributed by atoms with Crippen LogP contribution in [-0.2, 0) is 4.74 Å². The maximum Gasteiger partial charge on any atom is 0.183 e. The molecular weight excluding hydrogens is 290 g/mol. The summed E-state index contributed by atoms with van der Waals surface area (Å²) in [5.41, 5.74) is 0. The third kappa shape index (κ3) is 14.8. The van der Waals surface area contributed by atoms with E-state index < -0.39 is 0 Å². The highest BCUT2D eigenvalue weighted by atomic mass is 35.5. The van der Waals surface area contributed by atoms with E-state index in [-0.39, 0.29) is 25.6 Å². The summed E-state index contributed by atoms with van der Waals surface area (Å²) in [5, 5.41) is 18.1. The molecule has 0 radical (unpaired) electrons. The number of hydrogen-bond acceptors (Lipinski definition) is 3. The predicted octanol–water partition coefficient (Wildman–Crippen LogP) is -0.464. The Morgan fingerprint density at radius 1 is 0.810 bits per heavy atom. The van der Waals surface area contributed by atoms with Crippen LogP contribution in [0.1, 0.15) is 58.3 Å². The van der Waals surface area contributed by atoms with E-state index in [9.17, 15) is 0 Å². The molecule has 0 saturated carbocycles. The van der Waals surface area contributed by atoms with Crippen molar-refractivity contribution in [1.29, 1.82) is 0 Å². The van der Waals surface area contributed by atoms with Crippen molar-refractivity contribution >= 4 is 0 Å². The highest BCUT2D eigenvalue weighted by Crippen LogP contribution is 2.09. The van der Waals surface area contributed by atoms with Gasteiger partial charge in [0.2, 0.25) is 0 Å². The van der Waals surface area contributed by atoms with E-state index in [1.54, 1.807) is 0 Å². The van der Waals surface area contributed by atoms with Crippen molar-refractivity contribution in [2.24, 2.45) is 0 Å². The topological polar surface area (TPSA) is 49.7 Å². The molecule has 2 N–H and O–H groups in total. The van der Waals surface area contributed by atoms with Gasteiger partial charge in [-0.25, -0.2) is 0 Å². The van der Waals surface area contributed by atoms with E-state index in [2.05, 4.69) is 6.92 Å². The van der Waals surface area contributed by atoms with Gasteiger partial charge in [-0.1, -0.05) is 51.9 Å². The molecule has 21 heavy (non-hydrogen) atoms. The molecule has 0 amide bonds. The SMILES string of the molecule is CCCCCCCCCCOC[N+](C)(CCO)CCO.[Cl-]. The van der Waals surface area contributed by atoms with Crippen molar-refractivity contribution < 1.29 is 31.8 Å². The Morgan fingerprint density at radius 3 is 1.76 bits per heavy atom. The first-order valence-electron chi connectivity index (χ1n) is 8.31. The lowest BCUT2D eigenvalue weighted by atomic mass is 10.1. The van der Waals surface area contributed by atoms with Gasteiger partial charge in [0.25, 0.3) is 0 Å². The first-order valence-corrected chi connectivity index (χ1v) is 8.31. The number of aliphatic hydroxyl groups is 2. The molecule has 0 aliphatic heterocycles. The Labute approximate surface area is 137 Å². The smallest absolute Gasteiger partial charge is 0.183 e. The van der Waals surface area contributed by atoms with Crippen molar-refractivity contribution in [2.45, 2.75) is 58.3 Å². The van der Waals surface area contributed by atoms with Gasteiger partial charge in [-0.15, -0.1) is 0 Å². The van der Waals surface area contributed by atoms with Crippen LogP contribution in [-0.4, -0.2) is 61.4 Å². The van der Waals surface area contributed by atoms with Crippen LogP contribution in [0.4, 0.5) is 0 Å². The number of halogens is 1. The number of likely N-dealkylation sites (N-methyl/N-ethyl adjacent to an activating group) is 1. The van der Waals surface area contributed by atoms with Crippen molar-refractivity contribution in [3.05, 3.63) is 0 Å². The third-order valence-corrected chi connectivity index (χ3v) is 3.82. The summed E-state index contributed by atoms with van der Waals surface area (Å²) < 4.78 is 6.29. The third-order valence-electron chi connectivity index (χ3n) is 3.82. The van der Waals surface area contributed by atoms with Crippen LogP contribution in [0.25, 0.3) is 0 Å². The molecule has 0 saturated heterocycles. The van der Waals surface area contributed by atoms with Gasteiger partial charge in [0.15, 0.2) is 6.73 Å². The van der Waals surface area contributed by atoms with Crippen LogP contribution in [0.3, 0.4) is 0 Å². The van der Waals surface area contributed by atoms with E-state index in [0.717, 1.165) is 13.0 Å². The van der Waals surface area contributed by atoms with Crippen LogP contribution in [0.15, 0.2) is 0 Å². The summed E-state index contributed by atoms with van der Waals surface area (Å²) in [4.78, 5) is 0. The first-order chi connectivity index (χ1) is 9.68. The van der Waals surface area contributed by atoms with E-state index in [0.29, 0.717) is 24.3 Å². The zero-order chi connectivity index (χ0) is 15.1. The van der Waals surface area contributed by atoms with Gasteiger partial charge >= 0.3 is 0 Å².